The fourth-order valence-corrected chi connectivity index (χ4v) is 2.90. The van der Waals surface area contributed by atoms with Crippen LogP contribution >= 0.6 is 0 Å². The van der Waals surface area contributed by atoms with Crippen LogP contribution in [0.3, 0.4) is 0 Å². The highest BCUT2D eigenvalue weighted by Gasteiger charge is 2.21. The maximum atomic E-state index is 11.8. The molecule has 110 valence electrons. The van der Waals surface area contributed by atoms with Gasteiger partial charge in [0.25, 0.3) is 0 Å². The zero-order chi connectivity index (χ0) is 14.6. The highest BCUT2D eigenvalue weighted by atomic mass is 32.2. The Morgan fingerprint density at radius 1 is 1.35 bits per heavy atom. The average Bonchev–Trinajstić information content (AvgIpc) is 2.92. The second kappa shape index (κ2) is 6.37. The van der Waals surface area contributed by atoms with Crippen LogP contribution in [0.15, 0.2) is 29.2 Å². The van der Waals surface area contributed by atoms with Crippen LogP contribution in [-0.2, 0) is 21.1 Å². The molecule has 0 radical (unpaired) electrons. The first-order valence-corrected chi connectivity index (χ1v) is 8.66. The van der Waals surface area contributed by atoms with Gasteiger partial charge in [0, 0.05) is 12.8 Å². The van der Waals surface area contributed by atoms with Gasteiger partial charge in [0.15, 0.2) is 9.84 Å². The highest BCUT2D eigenvalue weighted by Crippen LogP contribution is 2.10. The van der Waals surface area contributed by atoms with E-state index in [0.717, 1.165) is 24.9 Å². The van der Waals surface area contributed by atoms with Crippen molar-refractivity contribution in [3.05, 3.63) is 29.8 Å². The first-order chi connectivity index (χ1) is 9.47. The van der Waals surface area contributed by atoms with Crippen molar-refractivity contribution in [3.63, 3.8) is 0 Å². The minimum absolute atomic E-state index is 0.0512. The second-order valence-electron chi connectivity index (χ2n) is 5.11. The molecule has 1 atom stereocenters. The summed E-state index contributed by atoms with van der Waals surface area (Å²) in [5.74, 6) is 0.0512. The molecule has 1 aromatic rings. The minimum Gasteiger partial charge on any atom is -0.354 e. The molecule has 0 aromatic heterocycles. The Labute approximate surface area is 119 Å². The molecule has 1 fully saturated rings. The first kappa shape index (κ1) is 15.0. The van der Waals surface area contributed by atoms with Gasteiger partial charge in [0.05, 0.1) is 10.9 Å². The zero-order valence-electron chi connectivity index (χ0n) is 11.6. The molecule has 20 heavy (non-hydrogen) atoms. The van der Waals surface area contributed by atoms with Crippen molar-refractivity contribution in [1.29, 1.82) is 0 Å². The molecule has 6 heteroatoms. The summed E-state index contributed by atoms with van der Waals surface area (Å²) in [5, 5.41) is 6.05. The van der Waals surface area contributed by atoms with Crippen molar-refractivity contribution in [2.45, 2.75) is 30.2 Å². The standard InChI is InChI=1S/C14H20N2O3S/c1-20(18,19)12-6-4-11(5-7-12)8-10-16-14(17)13-3-2-9-15-13/h4-7,13,15H,2-3,8-10H2,1H3,(H,16,17)/t13-/m0/s1. The number of benzene rings is 1. The predicted octanol–water partition coefficient (Wildman–Crippen LogP) is 0.501. The zero-order valence-corrected chi connectivity index (χ0v) is 12.4. The molecule has 0 bridgehead atoms. The van der Waals surface area contributed by atoms with Crippen LogP contribution in [0, 0.1) is 0 Å². The Balaban J connectivity index is 1.81. The summed E-state index contributed by atoms with van der Waals surface area (Å²) < 4.78 is 22.7. The van der Waals surface area contributed by atoms with Crippen LogP contribution in [0.2, 0.25) is 0 Å². The molecular weight excluding hydrogens is 276 g/mol. The minimum atomic E-state index is -3.14. The Morgan fingerprint density at radius 2 is 2.05 bits per heavy atom. The van der Waals surface area contributed by atoms with E-state index in [1.807, 2.05) is 0 Å². The van der Waals surface area contributed by atoms with E-state index in [1.165, 1.54) is 6.26 Å². The van der Waals surface area contributed by atoms with Crippen LogP contribution in [-0.4, -0.2) is 39.7 Å². The lowest BCUT2D eigenvalue weighted by Gasteiger charge is -2.11. The van der Waals surface area contributed by atoms with Crippen molar-refractivity contribution in [2.75, 3.05) is 19.3 Å². The molecule has 2 rings (SSSR count). The summed E-state index contributed by atoms with van der Waals surface area (Å²) in [6.45, 7) is 1.47. The molecule has 1 aromatic carbocycles. The van der Waals surface area contributed by atoms with Gasteiger partial charge >= 0.3 is 0 Å². The maximum Gasteiger partial charge on any atom is 0.237 e. The third-order valence-corrected chi connectivity index (χ3v) is 4.57. The van der Waals surface area contributed by atoms with E-state index in [9.17, 15) is 13.2 Å². The number of sulfone groups is 1. The fourth-order valence-electron chi connectivity index (χ4n) is 2.26. The van der Waals surface area contributed by atoms with E-state index in [4.69, 9.17) is 0 Å². The van der Waals surface area contributed by atoms with E-state index in [-0.39, 0.29) is 11.9 Å². The number of nitrogens with one attached hydrogen (secondary N) is 2. The van der Waals surface area contributed by atoms with Gasteiger partial charge < -0.3 is 10.6 Å². The van der Waals surface area contributed by atoms with Crippen LogP contribution in [0.1, 0.15) is 18.4 Å². The summed E-state index contributed by atoms with van der Waals surface area (Å²) >= 11 is 0. The number of carbonyl (C=O) groups is 1. The number of amides is 1. The summed E-state index contributed by atoms with van der Waals surface area (Å²) in [6, 6.07) is 6.73. The van der Waals surface area contributed by atoms with E-state index in [2.05, 4.69) is 10.6 Å². The number of rotatable bonds is 5. The lowest BCUT2D eigenvalue weighted by atomic mass is 10.1. The Kier molecular flexibility index (Phi) is 4.77. The molecule has 0 aliphatic carbocycles. The van der Waals surface area contributed by atoms with E-state index in [1.54, 1.807) is 24.3 Å². The topological polar surface area (TPSA) is 75.3 Å². The normalized spacial score (nSPS) is 18.9. The van der Waals surface area contributed by atoms with Gasteiger partial charge in [0.2, 0.25) is 5.91 Å². The van der Waals surface area contributed by atoms with Gasteiger partial charge in [-0.1, -0.05) is 12.1 Å². The van der Waals surface area contributed by atoms with E-state index < -0.39 is 9.84 Å². The van der Waals surface area contributed by atoms with Crippen LogP contribution < -0.4 is 10.6 Å². The molecule has 2 N–H and O–H groups in total. The molecule has 0 unspecified atom stereocenters. The van der Waals surface area contributed by atoms with Crippen LogP contribution in [0.25, 0.3) is 0 Å². The highest BCUT2D eigenvalue weighted by molar-refractivity contribution is 7.90. The molecule has 1 aliphatic rings. The lowest BCUT2D eigenvalue weighted by molar-refractivity contribution is -0.122. The van der Waals surface area contributed by atoms with Gasteiger partial charge in [-0.05, 0) is 43.5 Å². The smallest absolute Gasteiger partial charge is 0.237 e. The van der Waals surface area contributed by atoms with Crippen molar-refractivity contribution < 1.29 is 13.2 Å². The van der Waals surface area contributed by atoms with Crippen molar-refractivity contribution >= 4 is 15.7 Å². The number of carbonyl (C=O) groups excluding carboxylic acids is 1. The Hall–Kier alpha value is -1.40. The molecular formula is C14H20N2O3S. The lowest BCUT2D eigenvalue weighted by Crippen LogP contribution is -2.41. The van der Waals surface area contributed by atoms with Crippen molar-refractivity contribution in [3.8, 4) is 0 Å². The van der Waals surface area contributed by atoms with Crippen LogP contribution in [0.4, 0.5) is 0 Å². The quantitative estimate of drug-likeness (QED) is 0.830. The third kappa shape index (κ3) is 4.05. The molecule has 1 amide bonds. The third-order valence-electron chi connectivity index (χ3n) is 3.44. The van der Waals surface area contributed by atoms with E-state index in [0.29, 0.717) is 17.9 Å². The summed E-state index contributed by atoms with van der Waals surface area (Å²) in [7, 11) is -3.14. The Bertz CT molecular complexity index is 561. The molecule has 1 heterocycles. The van der Waals surface area contributed by atoms with Gasteiger partial charge in [0.1, 0.15) is 0 Å². The average molecular weight is 296 g/mol. The van der Waals surface area contributed by atoms with E-state index >= 15 is 0 Å². The van der Waals surface area contributed by atoms with Crippen molar-refractivity contribution in [1.82, 2.24) is 10.6 Å². The second-order valence-corrected chi connectivity index (χ2v) is 7.12. The number of hydrogen-bond donors (Lipinski definition) is 2. The summed E-state index contributed by atoms with van der Waals surface area (Å²) in [5.41, 5.74) is 1.01. The van der Waals surface area contributed by atoms with Crippen LogP contribution in [0.5, 0.6) is 0 Å². The molecule has 0 spiro atoms. The molecule has 1 aliphatic heterocycles. The molecule has 5 nitrogen and oxygen atoms in total. The summed E-state index contributed by atoms with van der Waals surface area (Å²) in [6.07, 6.45) is 3.83. The largest absolute Gasteiger partial charge is 0.354 e. The number of hydrogen-bond acceptors (Lipinski definition) is 4. The molecule has 0 saturated carbocycles. The first-order valence-electron chi connectivity index (χ1n) is 6.77. The predicted molar refractivity (Wildman–Crippen MR) is 77.3 cm³/mol. The van der Waals surface area contributed by atoms with Crippen molar-refractivity contribution in [2.24, 2.45) is 0 Å². The monoisotopic (exact) mass is 296 g/mol. The van der Waals surface area contributed by atoms with Gasteiger partial charge in [-0.15, -0.1) is 0 Å². The van der Waals surface area contributed by atoms with Gasteiger partial charge in [-0.25, -0.2) is 8.42 Å². The fraction of sp³-hybridized carbons (Fsp3) is 0.500. The summed E-state index contributed by atoms with van der Waals surface area (Å²) in [4.78, 5) is 12.1. The van der Waals surface area contributed by atoms with Gasteiger partial charge in [-0.3, -0.25) is 4.79 Å². The Morgan fingerprint density at radius 3 is 2.60 bits per heavy atom. The SMILES string of the molecule is CS(=O)(=O)c1ccc(CCNC(=O)[C@@H]2CCCN2)cc1. The maximum absolute atomic E-state index is 11.8. The molecule has 1 saturated heterocycles. The van der Waals surface area contributed by atoms with Gasteiger partial charge in [-0.2, -0.15) is 0 Å².